The molecule has 0 radical (unpaired) electrons. The van der Waals surface area contributed by atoms with E-state index >= 15 is 0 Å². The highest BCUT2D eigenvalue weighted by Gasteiger charge is 2.33. The third-order valence-electron chi connectivity index (χ3n) is 8.03. The number of fused-ring (bicyclic) bond motifs is 1. The van der Waals surface area contributed by atoms with Gasteiger partial charge in [0.2, 0.25) is 0 Å². The molecule has 0 aromatic heterocycles. The second kappa shape index (κ2) is 12.4. The van der Waals surface area contributed by atoms with Gasteiger partial charge in [0.25, 0.3) is 0 Å². The van der Waals surface area contributed by atoms with Gasteiger partial charge in [0.05, 0.1) is 20.3 Å². The van der Waals surface area contributed by atoms with Gasteiger partial charge in [-0.15, -0.1) is 0 Å². The number of urea groups is 1. The molecule has 1 saturated heterocycles. The predicted octanol–water partition coefficient (Wildman–Crippen LogP) is 5.32. The van der Waals surface area contributed by atoms with Crippen LogP contribution < -0.4 is 14.8 Å². The molecule has 0 saturated carbocycles. The van der Waals surface area contributed by atoms with Gasteiger partial charge in [0.15, 0.2) is 11.5 Å². The molecule has 1 atom stereocenters. The lowest BCUT2D eigenvalue weighted by molar-refractivity contribution is 0.168. The summed E-state index contributed by atoms with van der Waals surface area (Å²) in [5.74, 6) is 2.16. The van der Waals surface area contributed by atoms with Crippen molar-refractivity contribution in [1.29, 1.82) is 0 Å². The first-order valence-electron chi connectivity index (χ1n) is 13.8. The van der Waals surface area contributed by atoms with E-state index in [-0.39, 0.29) is 12.1 Å². The highest BCUT2D eigenvalue weighted by Crippen LogP contribution is 2.41. The van der Waals surface area contributed by atoms with Crippen LogP contribution in [0.25, 0.3) is 0 Å². The minimum absolute atomic E-state index is 0.0155. The average molecular weight is 514 g/mol. The van der Waals surface area contributed by atoms with Gasteiger partial charge < -0.3 is 24.6 Å². The molecule has 0 aliphatic carbocycles. The van der Waals surface area contributed by atoms with Crippen LogP contribution in [0.4, 0.5) is 4.79 Å². The molecule has 0 spiro atoms. The van der Waals surface area contributed by atoms with Gasteiger partial charge in [-0.25, -0.2) is 4.79 Å². The van der Waals surface area contributed by atoms with Crippen LogP contribution in [-0.2, 0) is 12.8 Å². The maximum atomic E-state index is 13.5. The summed E-state index contributed by atoms with van der Waals surface area (Å²) in [7, 11) is 3.31. The number of carbonyl (C=O) groups is 1. The van der Waals surface area contributed by atoms with E-state index in [9.17, 15) is 4.79 Å². The highest BCUT2D eigenvalue weighted by molar-refractivity contribution is 5.76. The first kappa shape index (κ1) is 26.1. The lowest BCUT2D eigenvalue weighted by Gasteiger charge is -2.38. The Morgan fingerprint density at radius 3 is 2.24 bits per heavy atom. The van der Waals surface area contributed by atoms with Crippen molar-refractivity contribution in [3.05, 3.63) is 95.1 Å². The van der Waals surface area contributed by atoms with E-state index in [4.69, 9.17) is 9.47 Å². The van der Waals surface area contributed by atoms with Crippen molar-refractivity contribution in [2.24, 2.45) is 5.92 Å². The van der Waals surface area contributed by atoms with E-state index in [1.54, 1.807) is 14.2 Å². The van der Waals surface area contributed by atoms with Crippen molar-refractivity contribution in [3.63, 3.8) is 0 Å². The zero-order valence-electron chi connectivity index (χ0n) is 22.6. The Kier molecular flexibility index (Phi) is 8.49. The molecule has 2 amide bonds. The highest BCUT2D eigenvalue weighted by atomic mass is 16.5. The number of amides is 2. The normalized spacial score (nSPS) is 18.1. The Morgan fingerprint density at radius 1 is 0.895 bits per heavy atom. The van der Waals surface area contributed by atoms with Crippen molar-refractivity contribution in [2.45, 2.75) is 31.7 Å². The molecule has 5 rings (SSSR count). The zero-order chi connectivity index (χ0) is 26.3. The monoisotopic (exact) mass is 513 g/mol. The molecule has 2 heterocycles. The molecule has 1 unspecified atom stereocenters. The van der Waals surface area contributed by atoms with Crippen molar-refractivity contribution >= 4 is 6.03 Å². The topological polar surface area (TPSA) is 54.0 Å². The van der Waals surface area contributed by atoms with Gasteiger partial charge in [0, 0.05) is 19.6 Å². The number of methoxy groups -OCH3 is 2. The molecule has 3 aromatic rings. The Labute approximate surface area is 226 Å². The fourth-order valence-corrected chi connectivity index (χ4v) is 5.94. The van der Waals surface area contributed by atoms with Crippen LogP contribution in [-0.4, -0.2) is 62.8 Å². The number of likely N-dealkylation sites (tertiary alicyclic amines) is 1. The zero-order valence-corrected chi connectivity index (χ0v) is 22.6. The molecule has 1 N–H and O–H groups in total. The van der Waals surface area contributed by atoms with E-state index in [0.29, 0.717) is 18.8 Å². The van der Waals surface area contributed by atoms with E-state index in [1.165, 1.54) is 30.4 Å². The van der Waals surface area contributed by atoms with E-state index in [1.807, 2.05) is 29.2 Å². The van der Waals surface area contributed by atoms with Crippen LogP contribution in [0.3, 0.4) is 0 Å². The molecule has 2 aliphatic heterocycles. The maximum absolute atomic E-state index is 13.5. The molecule has 3 aromatic carbocycles. The Hall–Kier alpha value is -3.51. The number of piperidine rings is 1. The Bertz CT molecular complexity index is 1190. The van der Waals surface area contributed by atoms with E-state index in [2.05, 4.69) is 58.7 Å². The largest absolute Gasteiger partial charge is 0.493 e. The standard InChI is InChI=1S/C32H39N3O3/c1-37-29-22-27-15-19-35(31(26-11-7-4-8-12-26)28(27)23-30(29)38-2)32(36)33-16-20-34-17-13-25(14-18-34)21-24-9-5-3-6-10-24/h3-12,22-23,25,31H,13-21H2,1-2H3,(H,33,36). The lowest BCUT2D eigenvalue weighted by Crippen LogP contribution is -2.48. The number of nitrogens with zero attached hydrogens (tertiary/aromatic N) is 2. The first-order valence-corrected chi connectivity index (χ1v) is 13.8. The summed E-state index contributed by atoms with van der Waals surface area (Å²) in [6, 6.07) is 25.0. The smallest absolute Gasteiger partial charge is 0.318 e. The van der Waals surface area contributed by atoms with E-state index < -0.39 is 0 Å². The minimum atomic E-state index is -0.173. The Morgan fingerprint density at radius 2 is 1.55 bits per heavy atom. The summed E-state index contributed by atoms with van der Waals surface area (Å²) >= 11 is 0. The third kappa shape index (κ3) is 5.97. The molecule has 0 bridgehead atoms. The molecule has 6 heteroatoms. The van der Waals surface area contributed by atoms with Crippen LogP contribution in [0.15, 0.2) is 72.8 Å². The number of carbonyl (C=O) groups excluding carboxylic acids is 1. The van der Waals surface area contributed by atoms with Crippen LogP contribution in [0.5, 0.6) is 11.5 Å². The SMILES string of the molecule is COc1cc2c(cc1OC)C(c1ccccc1)N(C(=O)NCCN1CCC(Cc3ccccc3)CC1)CC2. The predicted molar refractivity (Wildman–Crippen MR) is 151 cm³/mol. The second-order valence-corrected chi connectivity index (χ2v) is 10.4. The van der Waals surface area contributed by atoms with Crippen LogP contribution in [0.1, 0.15) is 41.1 Å². The van der Waals surface area contributed by atoms with Crippen molar-refractivity contribution in [3.8, 4) is 11.5 Å². The maximum Gasteiger partial charge on any atom is 0.318 e. The van der Waals surface area contributed by atoms with Gasteiger partial charge >= 0.3 is 6.03 Å². The molecule has 200 valence electrons. The average Bonchev–Trinajstić information content (AvgIpc) is 2.97. The molecule has 2 aliphatic rings. The molecule has 6 nitrogen and oxygen atoms in total. The number of nitrogens with one attached hydrogen (secondary N) is 1. The summed E-state index contributed by atoms with van der Waals surface area (Å²) in [6.07, 6.45) is 4.38. The van der Waals surface area contributed by atoms with Gasteiger partial charge in [-0.05, 0) is 79.1 Å². The fourth-order valence-electron chi connectivity index (χ4n) is 5.94. The van der Waals surface area contributed by atoms with Gasteiger partial charge in [-0.2, -0.15) is 0 Å². The summed E-state index contributed by atoms with van der Waals surface area (Å²) in [4.78, 5) is 18.0. The van der Waals surface area contributed by atoms with Crippen molar-refractivity contribution < 1.29 is 14.3 Å². The van der Waals surface area contributed by atoms with Crippen LogP contribution in [0.2, 0.25) is 0 Å². The van der Waals surface area contributed by atoms with Crippen molar-refractivity contribution in [2.75, 3.05) is 46.9 Å². The first-order chi connectivity index (χ1) is 18.7. The number of ether oxygens (including phenoxy) is 2. The molecular formula is C32H39N3O3. The number of rotatable bonds is 8. The van der Waals surface area contributed by atoms with Crippen molar-refractivity contribution in [1.82, 2.24) is 15.1 Å². The Balaban J connectivity index is 1.20. The third-order valence-corrected chi connectivity index (χ3v) is 8.03. The molecule has 1 fully saturated rings. The summed E-state index contributed by atoms with van der Waals surface area (Å²) in [5, 5.41) is 3.22. The minimum Gasteiger partial charge on any atom is -0.493 e. The van der Waals surface area contributed by atoms with Crippen LogP contribution >= 0.6 is 0 Å². The van der Waals surface area contributed by atoms with E-state index in [0.717, 1.165) is 48.8 Å². The summed E-state index contributed by atoms with van der Waals surface area (Å²) in [6.45, 7) is 4.38. The number of hydrogen-bond acceptors (Lipinski definition) is 4. The molecule has 38 heavy (non-hydrogen) atoms. The molecular weight excluding hydrogens is 474 g/mol. The number of hydrogen-bond donors (Lipinski definition) is 1. The lowest BCUT2D eigenvalue weighted by atomic mass is 9.88. The van der Waals surface area contributed by atoms with Gasteiger partial charge in [-0.1, -0.05) is 60.7 Å². The summed E-state index contributed by atoms with van der Waals surface area (Å²) < 4.78 is 11.1. The second-order valence-electron chi connectivity index (χ2n) is 10.4. The summed E-state index contributed by atoms with van der Waals surface area (Å²) in [5.41, 5.74) is 4.82. The van der Waals surface area contributed by atoms with Gasteiger partial charge in [-0.3, -0.25) is 0 Å². The van der Waals surface area contributed by atoms with Crippen LogP contribution in [0, 0.1) is 5.92 Å². The van der Waals surface area contributed by atoms with Gasteiger partial charge in [0.1, 0.15) is 0 Å². The fraction of sp³-hybridized carbons (Fsp3) is 0.406. The quantitative estimate of drug-likeness (QED) is 0.443. The number of benzene rings is 3.